The van der Waals surface area contributed by atoms with Gasteiger partial charge in [0.2, 0.25) is 5.91 Å². The van der Waals surface area contributed by atoms with Crippen molar-refractivity contribution < 1.29 is 14.3 Å². The van der Waals surface area contributed by atoms with Crippen molar-refractivity contribution >= 4 is 17.4 Å². The molecule has 3 rings (SSSR count). The molecule has 0 spiro atoms. The number of amides is 1. The fourth-order valence-corrected chi connectivity index (χ4v) is 2.88. The molecule has 1 aromatic heterocycles. The summed E-state index contributed by atoms with van der Waals surface area (Å²) in [6.07, 6.45) is 3.74. The molecule has 1 amide bonds. The van der Waals surface area contributed by atoms with Crippen molar-refractivity contribution in [1.82, 2.24) is 4.98 Å². The van der Waals surface area contributed by atoms with Gasteiger partial charge in [-0.05, 0) is 48.0 Å². The zero-order chi connectivity index (χ0) is 19.8. The third-order valence-corrected chi connectivity index (χ3v) is 4.41. The van der Waals surface area contributed by atoms with Gasteiger partial charge < -0.3 is 9.64 Å². The molecule has 5 nitrogen and oxygen atoms in total. The van der Waals surface area contributed by atoms with Crippen LogP contribution in [0.1, 0.15) is 28.8 Å². The number of methoxy groups -OCH3 is 1. The molecule has 0 aliphatic carbocycles. The highest BCUT2D eigenvalue weighted by atomic mass is 16.5. The van der Waals surface area contributed by atoms with Gasteiger partial charge in [-0.15, -0.1) is 0 Å². The average molecular weight is 374 g/mol. The second kappa shape index (κ2) is 9.46. The zero-order valence-electron chi connectivity index (χ0n) is 15.7. The number of para-hydroxylation sites is 1. The molecule has 3 aromatic rings. The molecule has 0 aliphatic rings. The minimum Gasteiger partial charge on any atom is -0.497 e. The van der Waals surface area contributed by atoms with Crippen molar-refractivity contribution in [3.63, 3.8) is 0 Å². The Morgan fingerprint density at radius 3 is 2.32 bits per heavy atom. The van der Waals surface area contributed by atoms with Crippen LogP contribution in [0.25, 0.3) is 0 Å². The summed E-state index contributed by atoms with van der Waals surface area (Å²) in [5.41, 5.74) is 2.31. The number of hydrogen-bond donors (Lipinski definition) is 0. The quantitative estimate of drug-likeness (QED) is 0.552. The van der Waals surface area contributed by atoms with Crippen LogP contribution in [0.3, 0.4) is 0 Å². The number of carbonyl (C=O) groups is 2. The topological polar surface area (TPSA) is 59.5 Å². The van der Waals surface area contributed by atoms with E-state index in [2.05, 4.69) is 4.98 Å². The fourth-order valence-electron chi connectivity index (χ4n) is 2.88. The van der Waals surface area contributed by atoms with E-state index in [-0.39, 0.29) is 24.5 Å². The number of aromatic nitrogens is 1. The van der Waals surface area contributed by atoms with E-state index in [9.17, 15) is 9.59 Å². The maximum absolute atomic E-state index is 12.9. The highest BCUT2D eigenvalue weighted by molar-refractivity contribution is 6.00. The molecule has 0 fully saturated rings. The molecule has 28 heavy (non-hydrogen) atoms. The van der Waals surface area contributed by atoms with E-state index in [1.54, 1.807) is 48.7 Å². The lowest BCUT2D eigenvalue weighted by molar-refractivity contribution is -0.118. The first-order chi connectivity index (χ1) is 13.7. The van der Waals surface area contributed by atoms with E-state index < -0.39 is 0 Å². The minimum atomic E-state index is -0.100. The molecule has 1 heterocycles. The Morgan fingerprint density at radius 2 is 1.68 bits per heavy atom. The van der Waals surface area contributed by atoms with Gasteiger partial charge in [-0.1, -0.05) is 24.3 Å². The molecule has 142 valence electrons. The lowest BCUT2D eigenvalue weighted by atomic mass is 10.1. The molecule has 0 aliphatic heterocycles. The first-order valence-electron chi connectivity index (χ1n) is 9.09. The summed E-state index contributed by atoms with van der Waals surface area (Å²) in [7, 11) is 1.58. The Kier molecular flexibility index (Phi) is 6.52. The van der Waals surface area contributed by atoms with E-state index in [0.717, 1.165) is 11.3 Å². The number of ether oxygens (including phenoxy) is 1. The third-order valence-electron chi connectivity index (χ3n) is 4.41. The van der Waals surface area contributed by atoms with Gasteiger partial charge in [0.15, 0.2) is 5.78 Å². The fraction of sp³-hybridized carbons (Fsp3) is 0.174. The highest BCUT2D eigenvalue weighted by Crippen LogP contribution is 2.19. The van der Waals surface area contributed by atoms with Gasteiger partial charge in [0.05, 0.1) is 13.7 Å². The van der Waals surface area contributed by atoms with Gasteiger partial charge in [-0.2, -0.15) is 0 Å². The van der Waals surface area contributed by atoms with E-state index in [1.165, 1.54) is 0 Å². The molecular weight excluding hydrogens is 352 g/mol. The normalized spacial score (nSPS) is 10.3. The summed E-state index contributed by atoms with van der Waals surface area (Å²) in [5.74, 6) is 0.529. The summed E-state index contributed by atoms with van der Waals surface area (Å²) >= 11 is 0. The van der Waals surface area contributed by atoms with E-state index >= 15 is 0 Å². The van der Waals surface area contributed by atoms with Gasteiger partial charge in [0.1, 0.15) is 5.75 Å². The SMILES string of the molecule is COc1ccc(C(=O)CCC(=O)N(Cc2cccnc2)c2ccccc2)cc1. The lowest BCUT2D eigenvalue weighted by Gasteiger charge is -2.23. The number of rotatable bonds is 8. The second-order valence-electron chi connectivity index (χ2n) is 6.33. The van der Waals surface area contributed by atoms with Crippen LogP contribution in [-0.2, 0) is 11.3 Å². The molecular formula is C23H22N2O3. The molecule has 0 saturated heterocycles. The summed E-state index contributed by atoms with van der Waals surface area (Å²) in [4.78, 5) is 31.2. The number of pyridine rings is 1. The van der Waals surface area contributed by atoms with Crippen molar-refractivity contribution in [2.24, 2.45) is 0 Å². The van der Waals surface area contributed by atoms with E-state index in [4.69, 9.17) is 4.74 Å². The molecule has 0 saturated carbocycles. The Balaban J connectivity index is 1.69. The van der Waals surface area contributed by atoms with Crippen molar-refractivity contribution in [3.05, 3.63) is 90.3 Å². The molecule has 0 radical (unpaired) electrons. The van der Waals surface area contributed by atoms with Crippen LogP contribution in [0.5, 0.6) is 5.75 Å². The van der Waals surface area contributed by atoms with Crippen molar-refractivity contribution in [1.29, 1.82) is 0 Å². The van der Waals surface area contributed by atoms with Crippen LogP contribution in [0.4, 0.5) is 5.69 Å². The van der Waals surface area contributed by atoms with E-state index in [1.807, 2.05) is 42.5 Å². The zero-order valence-corrected chi connectivity index (χ0v) is 15.7. The van der Waals surface area contributed by atoms with Crippen LogP contribution in [0.2, 0.25) is 0 Å². The lowest BCUT2D eigenvalue weighted by Crippen LogP contribution is -2.30. The summed E-state index contributed by atoms with van der Waals surface area (Å²) in [6.45, 7) is 0.410. The Bertz CT molecular complexity index is 910. The van der Waals surface area contributed by atoms with Gasteiger partial charge in [0.25, 0.3) is 0 Å². The number of hydrogen-bond acceptors (Lipinski definition) is 4. The molecule has 2 aromatic carbocycles. The first-order valence-corrected chi connectivity index (χ1v) is 9.09. The van der Waals surface area contributed by atoms with Crippen LogP contribution in [0.15, 0.2) is 79.1 Å². The summed E-state index contributed by atoms with van der Waals surface area (Å²) in [6, 6.07) is 20.2. The van der Waals surface area contributed by atoms with Crippen LogP contribution in [0, 0.1) is 0 Å². The van der Waals surface area contributed by atoms with Crippen molar-refractivity contribution in [2.75, 3.05) is 12.0 Å². The number of benzene rings is 2. The molecule has 0 unspecified atom stereocenters. The third kappa shape index (κ3) is 5.04. The van der Waals surface area contributed by atoms with Gasteiger partial charge in [-0.3, -0.25) is 14.6 Å². The second-order valence-corrected chi connectivity index (χ2v) is 6.33. The monoisotopic (exact) mass is 374 g/mol. The van der Waals surface area contributed by atoms with Crippen LogP contribution >= 0.6 is 0 Å². The predicted octanol–water partition coefficient (Wildman–Crippen LogP) is 4.29. The number of carbonyl (C=O) groups excluding carboxylic acids is 2. The Morgan fingerprint density at radius 1 is 0.929 bits per heavy atom. The van der Waals surface area contributed by atoms with Crippen molar-refractivity contribution in [2.45, 2.75) is 19.4 Å². The molecule has 0 atom stereocenters. The van der Waals surface area contributed by atoms with Gasteiger partial charge in [0, 0.05) is 36.5 Å². The maximum atomic E-state index is 12.9. The van der Waals surface area contributed by atoms with Crippen LogP contribution in [-0.4, -0.2) is 23.8 Å². The van der Waals surface area contributed by atoms with Crippen LogP contribution < -0.4 is 9.64 Å². The van der Waals surface area contributed by atoms with Gasteiger partial charge in [-0.25, -0.2) is 0 Å². The molecule has 5 heteroatoms. The van der Waals surface area contributed by atoms with Crippen molar-refractivity contribution in [3.8, 4) is 5.75 Å². The van der Waals surface area contributed by atoms with Gasteiger partial charge >= 0.3 is 0 Å². The number of anilines is 1. The summed E-state index contributed by atoms with van der Waals surface area (Å²) < 4.78 is 5.11. The Hall–Kier alpha value is -3.47. The predicted molar refractivity (Wildman–Crippen MR) is 108 cm³/mol. The first kappa shape index (κ1) is 19.3. The average Bonchev–Trinajstić information content (AvgIpc) is 2.77. The summed E-state index contributed by atoms with van der Waals surface area (Å²) in [5, 5.41) is 0. The standard InChI is InChI=1S/C23H22N2O3/c1-28-21-11-9-19(10-12-21)22(26)13-14-23(27)25(20-7-3-2-4-8-20)17-18-6-5-15-24-16-18/h2-12,15-16H,13-14,17H2,1H3. The molecule has 0 N–H and O–H groups in total. The minimum absolute atomic E-state index is 0.0645. The maximum Gasteiger partial charge on any atom is 0.227 e. The highest BCUT2D eigenvalue weighted by Gasteiger charge is 2.18. The largest absolute Gasteiger partial charge is 0.497 e. The number of ketones is 1. The number of Topliss-reactive ketones (excluding diaryl/α,β-unsaturated/α-hetero) is 1. The smallest absolute Gasteiger partial charge is 0.227 e. The molecule has 0 bridgehead atoms. The number of nitrogens with zero attached hydrogens (tertiary/aromatic N) is 2. The van der Waals surface area contributed by atoms with E-state index in [0.29, 0.717) is 17.9 Å². The Labute approximate surface area is 164 Å².